The highest BCUT2D eigenvalue weighted by molar-refractivity contribution is 5.95. The van der Waals surface area contributed by atoms with Gasteiger partial charge in [-0.2, -0.15) is 0 Å². The Hall–Kier alpha value is -3.15. The molecule has 0 aliphatic rings. The summed E-state index contributed by atoms with van der Waals surface area (Å²) in [5, 5.41) is 0.924. The Labute approximate surface area is 151 Å². The molecule has 0 spiro atoms. The summed E-state index contributed by atoms with van der Waals surface area (Å²) >= 11 is 0. The maximum Gasteiger partial charge on any atom is 0.271 e. The highest BCUT2D eigenvalue weighted by atomic mass is 16.3. The predicted molar refractivity (Wildman–Crippen MR) is 98.6 cm³/mol. The average Bonchev–Trinajstić information content (AvgIpc) is 3.01. The van der Waals surface area contributed by atoms with Crippen LogP contribution < -0.4 is 10.9 Å². The van der Waals surface area contributed by atoms with Crippen molar-refractivity contribution in [3.63, 3.8) is 0 Å². The van der Waals surface area contributed by atoms with Crippen LogP contribution in [-0.2, 0) is 11.2 Å². The molecule has 0 unspecified atom stereocenters. The molecule has 0 radical (unpaired) electrons. The smallest absolute Gasteiger partial charge is 0.271 e. The summed E-state index contributed by atoms with van der Waals surface area (Å²) in [5.74, 6) is -0.354. The Kier molecular flexibility index (Phi) is 5.02. The van der Waals surface area contributed by atoms with Gasteiger partial charge in [0.05, 0.1) is 18.2 Å². The van der Waals surface area contributed by atoms with Crippen LogP contribution >= 0.6 is 0 Å². The number of fused-ring (bicyclic) bond motifs is 1. The fourth-order valence-corrected chi connectivity index (χ4v) is 2.92. The van der Waals surface area contributed by atoms with E-state index in [4.69, 9.17) is 4.42 Å². The molecule has 1 aromatic carbocycles. The largest absolute Gasteiger partial charge is 0.464 e. The molecule has 2 amide bonds. The SMILES string of the molecule is Cc1cc2occ(CC(=O)NNC(=O)c3cccnc3)c2cc1C(C)C. The fourth-order valence-electron chi connectivity index (χ4n) is 2.92. The van der Waals surface area contributed by atoms with E-state index in [-0.39, 0.29) is 12.3 Å². The number of benzene rings is 1. The maximum atomic E-state index is 12.2. The van der Waals surface area contributed by atoms with Gasteiger partial charge in [0, 0.05) is 23.3 Å². The first-order valence-electron chi connectivity index (χ1n) is 8.45. The van der Waals surface area contributed by atoms with Crippen molar-refractivity contribution < 1.29 is 14.0 Å². The quantitative estimate of drug-likeness (QED) is 0.707. The molecule has 26 heavy (non-hydrogen) atoms. The van der Waals surface area contributed by atoms with Gasteiger partial charge in [-0.1, -0.05) is 13.8 Å². The lowest BCUT2D eigenvalue weighted by atomic mass is 9.95. The first-order valence-corrected chi connectivity index (χ1v) is 8.45. The van der Waals surface area contributed by atoms with Crippen LogP contribution in [0.4, 0.5) is 0 Å². The van der Waals surface area contributed by atoms with Gasteiger partial charge in [-0.3, -0.25) is 25.4 Å². The van der Waals surface area contributed by atoms with Gasteiger partial charge in [0.1, 0.15) is 5.58 Å². The number of nitrogens with one attached hydrogen (secondary N) is 2. The topological polar surface area (TPSA) is 84.2 Å². The van der Waals surface area contributed by atoms with Gasteiger partial charge in [-0.25, -0.2) is 0 Å². The maximum absolute atomic E-state index is 12.2. The van der Waals surface area contributed by atoms with Crippen molar-refractivity contribution in [3.05, 3.63) is 65.2 Å². The van der Waals surface area contributed by atoms with E-state index in [1.807, 2.05) is 6.07 Å². The number of nitrogens with zero attached hydrogens (tertiary/aromatic N) is 1. The minimum atomic E-state index is -0.416. The van der Waals surface area contributed by atoms with Gasteiger partial charge in [0.2, 0.25) is 5.91 Å². The molecule has 0 aliphatic carbocycles. The van der Waals surface area contributed by atoms with Crippen LogP contribution in [0.2, 0.25) is 0 Å². The standard InChI is InChI=1S/C20H21N3O3/c1-12(2)16-9-17-15(11-26-18(17)7-13(16)3)8-19(24)22-23-20(25)14-5-4-6-21-10-14/h4-7,9-12H,8H2,1-3H3,(H,22,24)(H,23,25). The van der Waals surface area contributed by atoms with E-state index in [1.54, 1.807) is 24.6 Å². The zero-order valence-corrected chi connectivity index (χ0v) is 15.0. The van der Waals surface area contributed by atoms with Crippen LogP contribution in [-0.4, -0.2) is 16.8 Å². The number of amides is 2. The molecule has 0 bridgehead atoms. The lowest BCUT2D eigenvalue weighted by molar-refractivity contribution is -0.121. The van der Waals surface area contributed by atoms with E-state index in [2.05, 4.69) is 42.7 Å². The highest BCUT2D eigenvalue weighted by Crippen LogP contribution is 2.29. The average molecular weight is 351 g/mol. The number of rotatable bonds is 4. The number of furan rings is 1. The van der Waals surface area contributed by atoms with Gasteiger partial charge in [0.15, 0.2) is 0 Å². The highest BCUT2D eigenvalue weighted by Gasteiger charge is 2.14. The van der Waals surface area contributed by atoms with Crippen molar-refractivity contribution >= 4 is 22.8 Å². The molecular weight excluding hydrogens is 330 g/mol. The van der Waals surface area contributed by atoms with Crippen LogP contribution in [0.15, 0.2) is 47.3 Å². The minimum Gasteiger partial charge on any atom is -0.464 e. The van der Waals surface area contributed by atoms with Gasteiger partial charge in [-0.05, 0) is 48.2 Å². The van der Waals surface area contributed by atoms with Crippen molar-refractivity contribution in [1.29, 1.82) is 0 Å². The van der Waals surface area contributed by atoms with Gasteiger partial charge >= 0.3 is 0 Å². The van der Waals surface area contributed by atoms with Gasteiger partial charge in [0.25, 0.3) is 5.91 Å². The third-order valence-electron chi connectivity index (χ3n) is 4.25. The van der Waals surface area contributed by atoms with Crippen LogP contribution in [0.1, 0.15) is 46.8 Å². The van der Waals surface area contributed by atoms with Crippen LogP contribution in [0.3, 0.4) is 0 Å². The summed E-state index contributed by atoms with van der Waals surface area (Å²) in [6.07, 6.45) is 4.71. The predicted octanol–water partition coefficient (Wildman–Crippen LogP) is 3.26. The molecule has 0 aliphatic heterocycles. The molecule has 2 aromatic heterocycles. The molecule has 3 rings (SSSR count). The fraction of sp³-hybridized carbons (Fsp3) is 0.250. The van der Waals surface area contributed by atoms with E-state index in [1.165, 1.54) is 17.3 Å². The van der Waals surface area contributed by atoms with Crippen molar-refractivity contribution in [2.75, 3.05) is 0 Å². The first kappa shape index (κ1) is 17.7. The summed E-state index contributed by atoms with van der Waals surface area (Å²) in [5.41, 5.74) is 9.13. The second-order valence-electron chi connectivity index (χ2n) is 6.54. The Morgan fingerprint density at radius 1 is 1.23 bits per heavy atom. The third-order valence-corrected chi connectivity index (χ3v) is 4.25. The summed E-state index contributed by atoms with van der Waals surface area (Å²) < 4.78 is 5.58. The Morgan fingerprint density at radius 3 is 2.73 bits per heavy atom. The molecule has 0 saturated carbocycles. The molecule has 0 atom stereocenters. The second kappa shape index (κ2) is 7.39. The second-order valence-corrected chi connectivity index (χ2v) is 6.54. The van der Waals surface area contributed by atoms with E-state index in [0.29, 0.717) is 11.5 Å². The van der Waals surface area contributed by atoms with Crippen molar-refractivity contribution in [1.82, 2.24) is 15.8 Å². The molecular formula is C20H21N3O3. The van der Waals surface area contributed by atoms with Crippen molar-refractivity contribution in [3.8, 4) is 0 Å². The van der Waals surface area contributed by atoms with Crippen molar-refractivity contribution in [2.45, 2.75) is 33.1 Å². The van der Waals surface area contributed by atoms with Gasteiger partial charge in [-0.15, -0.1) is 0 Å². The minimum absolute atomic E-state index is 0.112. The monoisotopic (exact) mass is 351 g/mol. The number of hydrazine groups is 1. The van der Waals surface area contributed by atoms with Crippen LogP contribution in [0, 0.1) is 6.92 Å². The number of hydrogen-bond acceptors (Lipinski definition) is 4. The number of pyridine rings is 1. The molecule has 6 heteroatoms. The van der Waals surface area contributed by atoms with E-state index >= 15 is 0 Å². The summed E-state index contributed by atoms with van der Waals surface area (Å²) in [6.45, 7) is 6.32. The molecule has 3 aromatic rings. The lowest BCUT2D eigenvalue weighted by Crippen LogP contribution is -2.42. The third kappa shape index (κ3) is 3.74. The summed E-state index contributed by atoms with van der Waals surface area (Å²) in [7, 11) is 0. The van der Waals surface area contributed by atoms with Crippen LogP contribution in [0.5, 0.6) is 0 Å². The normalized spacial score (nSPS) is 10.9. The summed E-state index contributed by atoms with van der Waals surface area (Å²) in [6, 6.07) is 7.35. The summed E-state index contributed by atoms with van der Waals surface area (Å²) in [4.78, 5) is 28.0. The Morgan fingerprint density at radius 2 is 2.04 bits per heavy atom. The van der Waals surface area contributed by atoms with E-state index in [9.17, 15) is 9.59 Å². The number of carbonyl (C=O) groups excluding carboxylic acids is 2. The van der Waals surface area contributed by atoms with E-state index in [0.717, 1.165) is 16.5 Å². The molecule has 134 valence electrons. The number of hydrogen-bond donors (Lipinski definition) is 2. The number of aryl methyl sites for hydroxylation is 1. The molecule has 0 fully saturated rings. The van der Waals surface area contributed by atoms with E-state index < -0.39 is 5.91 Å². The number of carbonyl (C=O) groups is 2. The first-order chi connectivity index (χ1) is 12.5. The molecule has 2 heterocycles. The lowest BCUT2D eigenvalue weighted by Gasteiger charge is -2.10. The molecule has 2 N–H and O–H groups in total. The molecule has 0 saturated heterocycles. The Balaban J connectivity index is 1.69. The van der Waals surface area contributed by atoms with Crippen LogP contribution in [0.25, 0.3) is 11.0 Å². The Bertz CT molecular complexity index is 946. The molecule has 6 nitrogen and oxygen atoms in total. The van der Waals surface area contributed by atoms with Crippen molar-refractivity contribution in [2.24, 2.45) is 0 Å². The zero-order valence-electron chi connectivity index (χ0n) is 15.0. The number of aromatic nitrogens is 1. The zero-order chi connectivity index (χ0) is 18.7. The van der Waals surface area contributed by atoms with Gasteiger partial charge < -0.3 is 4.42 Å².